The minimum atomic E-state index is -0.816. The number of halogens is 1. The Hall–Kier alpha value is -3.16. The quantitative estimate of drug-likeness (QED) is 0.763. The highest BCUT2D eigenvalue weighted by Gasteiger charge is 2.16. The van der Waals surface area contributed by atoms with Crippen LogP contribution in [0.25, 0.3) is 0 Å². The lowest BCUT2D eigenvalue weighted by Crippen LogP contribution is -2.39. The van der Waals surface area contributed by atoms with Gasteiger partial charge in [0.15, 0.2) is 6.61 Å². The number of esters is 1. The van der Waals surface area contributed by atoms with Gasteiger partial charge in [-0.1, -0.05) is 6.07 Å². The third-order valence-electron chi connectivity index (χ3n) is 3.23. The van der Waals surface area contributed by atoms with Crippen LogP contribution in [0.3, 0.4) is 0 Å². The predicted molar refractivity (Wildman–Crippen MR) is 84.9 cm³/mol. The summed E-state index contributed by atoms with van der Waals surface area (Å²) in [5.41, 5.74) is 0.00615. The average Bonchev–Trinajstić information content (AvgIpc) is 3.11. The predicted octanol–water partition coefficient (Wildman–Crippen LogP) is 1.35. The van der Waals surface area contributed by atoms with Crippen molar-refractivity contribution in [2.24, 2.45) is 0 Å². The van der Waals surface area contributed by atoms with E-state index in [2.05, 4.69) is 5.32 Å². The van der Waals surface area contributed by atoms with Crippen LogP contribution < -0.4 is 5.32 Å². The molecule has 132 valence electrons. The Bertz CT molecular complexity index is 745. The molecule has 0 aliphatic carbocycles. The van der Waals surface area contributed by atoms with Gasteiger partial charge in [0.2, 0.25) is 5.91 Å². The van der Waals surface area contributed by atoms with Crippen LogP contribution >= 0.6 is 0 Å². The molecule has 0 fully saturated rings. The van der Waals surface area contributed by atoms with Gasteiger partial charge in [-0.2, -0.15) is 0 Å². The molecule has 0 aliphatic heterocycles. The van der Waals surface area contributed by atoms with Crippen LogP contribution in [0.1, 0.15) is 16.1 Å². The van der Waals surface area contributed by atoms with Crippen molar-refractivity contribution in [1.82, 2.24) is 10.2 Å². The highest BCUT2D eigenvalue weighted by Crippen LogP contribution is 2.05. The second kappa shape index (κ2) is 8.62. The van der Waals surface area contributed by atoms with Gasteiger partial charge < -0.3 is 19.4 Å². The lowest BCUT2D eigenvalue weighted by Gasteiger charge is -2.16. The lowest BCUT2D eigenvalue weighted by atomic mass is 10.2. The van der Waals surface area contributed by atoms with E-state index in [4.69, 9.17) is 9.15 Å². The molecule has 0 bridgehead atoms. The molecule has 1 heterocycles. The van der Waals surface area contributed by atoms with E-state index >= 15 is 0 Å². The monoisotopic (exact) mass is 348 g/mol. The fraction of sp³-hybridized carbons (Fsp3) is 0.235. The molecule has 0 saturated carbocycles. The maximum Gasteiger partial charge on any atom is 0.338 e. The molecular weight excluding hydrogens is 331 g/mol. The maximum absolute atomic E-state index is 13.0. The van der Waals surface area contributed by atoms with E-state index in [1.54, 1.807) is 12.1 Å². The number of nitrogens with zero attached hydrogens (tertiary/aromatic N) is 1. The van der Waals surface area contributed by atoms with Gasteiger partial charge in [0.1, 0.15) is 11.6 Å². The van der Waals surface area contributed by atoms with Crippen molar-refractivity contribution in [3.8, 4) is 0 Å². The first kappa shape index (κ1) is 18.2. The summed E-state index contributed by atoms with van der Waals surface area (Å²) in [6, 6.07) is 8.35. The van der Waals surface area contributed by atoms with E-state index in [-0.39, 0.29) is 24.6 Å². The Balaban J connectivity index is 1.74. The summed E-state index contributed by atoms with van der Waals surface area (Å²) in [5.74, 6) is -1.75. The summed E-state index contributed by atoms with van der Waals surface area (Å²) in [7, 11) is 1.41. The van der Waals surface area contributed by atoms with E-state index in [1.807, 2.05) is 0 Å². The summed E-state index contributed by atoms with van der Waals surface area (Å²) in [4.78, 5) is 36.5. The van der Waals surface area contributed by atoms with E-state index in [9.17, 15) is 18.8 Å². The van der Waals surface area contributed by atoms with Crippen molar-refractivity contribution in [2.75, 3.05) is 20.2 Å². The number of ether oxygens (including phenoxy) is 1. The number of likely N-dealkylation sites (N-methyl/N-ethyl adjacent to an activating group) is 1. The van der Waals surface area contributed by atoms with Gasteiger partial charge in [0, 0.05) is 7.05 Å². The Morgan fingerprint density at radius 2 is 2.04 bits per heavy atom. The minimum absolute atomic E-state index is 0.00615. The zero-order valence-corrected chi connectivity index (χ0v) is 13.5. The molecular formula is C17H17FN2O5. The molecule has 0 unspecified atom stereocenters. The smallest absolute Gasteiger partial charge is 0.338 e. The van der Waals surface area contributed by atoms with Gasteiger partial charge in [-0.05, 0) is 30.3 Å². The van der Waals surface area contributed by atoms with E-state index in [1.165, 1.54) is 31.5 Å². The third kappa shape index (κ3) is 5.76. The number of benzene rings is 1. The van der Waals surface area contributed by atoms with Crippen LogP contribution in [0.4, 0.5) is 4.39 Å². The Morgan fingerprint density at radius 3 is 2.72 bits per heavy atom. The second-order valence-electron chi connectivity index (χ2n) is 5.19. The van der Waals surface area contributed by atoms with Gasteiger partial charge >= 0.3 is 5.97 Å². The normalized spacial score (nSPS) is 10.2. The summed E-state index contributed by atoms with van der Waals surface area (Å²) in [6.07, 6.45) is 1.49. The first-order valence-corrected chi connectivity index (χ1v) is 7.41. The number of hydrogen-bond donors (Lipinski definition) is 1. The number of rotatable bonds is 7. The number of nitrogens with one attached hydrogen (secondary N) is 1. The second-order valence-corrected chi connectivity index (χ2v) is 5.19. The molecule has 1 aromatic heterocycles. The van der Waals surface area contributed by atoms with Gasteiger partial charge in [-0.3, -0.25) is 9.59 Å². The Morgan fingerprint density at radius 1 is 1.24 bits per heavy atom. The number of hydrogen-bond acceptors (Lipinski definition) is 5. The molecule has 2 rings (SSSR count). The highest BCUT2D eigenvalue weighted by atomic mass is 19.1. The van der Waals surface area contributed by atoms with E-state index in [0.717, 1.165) is 11.0 Å². The van der Waals surface area contributed by atoms with Gasteiger partial charge in [-0.25, -0.2) is 9.18 Å². The fourth-order valence-corrected chi connectivity index (χ4v) is 1.89. The molecule has 0 saturated heterocycles. The summed E-state index contributed by atoms with van der Waals surface area (Å²) in [5, 5.41) is 2.59. The zero-order valence-electron chi connectivity index (χ0n) is 13.5. The van der Waals surface area contributed by atoms with Crippen molar-refractivity contribution in [3.05, 3.63) is 59.8 Å². The van der Waals surface area contributed by atoms with Crippen LogP contribution in [0.15, 0.2) is 47.1 Å². The minimum Gasteiger partial charge on any atom is -0.467 e. The Kier molecular flexibility index (Phi) is 6.27. The number of furan rings is 1. The lowest BCUT2D eigenvalue weighted by molar-refractivity contribution is -0.137. The first-order chi connectivity index (χ1) is 12.0. The van der Waals surface area contributed by atoms with Gasteiger partial charge in [0.05, 0.1) is 24.9 Å². The maximum atomic E-state index is 13.0. The van der Waals surface area contributed by atoms with Crippen LogP contribution in [0.5, 0.6) is 0 Å². The molecule has 1 N–H and O–H groups in total. The molecule has 2 amide bonds. The molecule has 0 radical (unpaired) electrons. The van der Waals surface area contributed by atoms with Crippen molar-refractivity contribution >= 4 is 17.8 Å². The van der Waals surface area contributed by atoms with Gasteiger partial charge in [0.25, 0.3) is 5.91 Å². The molecule has 8 heteroatoms. The Labute approximate surface area is 143 Å². The average molecular weight is 348 g/mol. The molecule has 2 aromatic rings. The number of carbonyl (C=O) groups excluding carboxylic acids is 3. The topological polar surface area (TPSA) is 88.8 Å². The van der Waals surface area contributed by atoms with E-state index < -0.39 is 24.3 Å². The molecule has 7 nitrogen and oxygen atoms in total. The summed E-state index contributed by atoms with van der Waals surface area (Å²) in [6.45, 7) is -0.531. The van der Waals surface area contributed by atoms with Crippen molar-refractivity contribution in [3.63, 3.8) is 0 Å². The van der Waals surface area contributed by atoms with E-state index in [0.29, 0.717) is 5.76 Å². The van der Waals surface area contributed by atoms with Crippen LogP contribution in [-0.4, -0.2) is 42.9 Å². The molecule has 25 heavy (non-hydrogen) atoms. The van der Waals surface area contributed by atoms with Crippen LogP contribution in [-0.2, 0) is 20.9 Å². The van der Waals surface area contributed by atoms with Crippen LogP contribution in [0.2, 0.25) is 0 Å². The van der Waals surface area contributed by atoms with Crippen molar-refractivity contribution in [1.29, 1.82) is 0 Å². The first-order valence-electron chi connectivity index (χ1n) is 7.41. The molecule has 0 atom stereocenters. The summed E-state index contributed by atoms with van der Waals surface area (Å²) >= 11 is 0. The number of carbonyl (C=O) groups is 3. The van der Waals surface area contributed by atoms with Gasteiger partial charge in [-0.15, -0.1) is 0 Å². The molecule has 0 spiro atoms. The highest BCUT2D eigenvalue weighted by molar-refractivity contribution is 5.92. The van der Waals surface area contributed by atoms with Crippen molar-refractivity contribution < 1.29 is 27.9 Å². The molecule has 0 aliphatic rings. The SMILES string of the molecule is CN(CC(=O)NCc1ccco1)C(=O)COC(=O)c1cccc(F)c1. The summed E-state index contributed by atoms with van der Waals surface area (Å²) < 4.78 is 22.9. The van der Waals surface area contributed by atoms with Crippen LogP contribution in [0, 0.1) is 5.82 Å². The largest absolute Gasteiger partial charge is 0.467 e. The molecule has 1 aromatic carbocycles. The fourth-order valence-electron chi connectivity index (χ4n) is 1.89. The standard InChI is InChI=1S/C17H17FN2O5/c1-20(10-15(21)19-9-14-6-3-7-24-14)16(22)11-25-17(23)12-4-2-5-13(18)8-12/h2-8H,9-11H2,1H3,(H,19,21). The zero-order chi connectivity index (χ0) is 18.2. The third-order valence-corrected chi connectivity index (χ3v) is 3.23. The number of amides is 2. The van der Waals surface area contributed by atoms with Crippen molar-refractivity contribution in [2.45, 2.75) is 6.54 Å².